The van der Waals surface area contributed by atoms with Crippen molar-refractivity contribution in [1.82, 2.24) is 10.2 Å². The second-order valence-corrected chi connectivity index (χ2v) is 7.60. The number of rotatable bonds is 6. The van der Waals surface area contributed by atoms with Crippen LogP contribution < -0.4 is 15.4 Å². The number of amidine groups is 1. The summed E-state index contributed by atoms with van der Waals surface area (Å²) < 4.78 is 41.9. The number of ether oxygens (including phenoxy) is 1. The van der Waals surface area contributed by atoms with Crippen molar-refractivity contribution < 1.29 is 17.9 Å². The minimum absolute atomic E-state index is 0.282. The molecule has 1 unspecified atom stereocenters. The first-order chi connectivity index (χ1) is 14.8. The Balaban J connectivity index is 1.83. The fourth-order valence-corrected chi connectivity index (χ4v) is 4.27. The van der Waals surface area contributed by atoms with Gasteiger partial charge in [0.2, 0.25) is 0 Å². The lowest BCUT2D eigenvalue weighted by molar-refractivity contribution is -0.274. The van der Waals surface area contributed by atoms with E-state index in [1.807, 2.05) is 29.2 Å². The molecule has 2 aliphatic heterocycles. The van der Waals surface area contributed by atoms with Gasteiger partial charge in [0, 0.05) is 25.3 Å². The third-order valence-corrected chi connectivity index (χ3v) is 5.52. The Labute approximate surface area is 183 Å². The minimum atomic E-state index is -4.75. The molecule has 9 heteroatoms. The van der Waals surface area contributed by atoms with E-state index in [1.54, 1.807) is 18.2 Å². The van der Waals surface area contributed by atoms with Gasteiger partial charge in [-0.1, -0.05) is 30.3 Å². The molecule has 2 aliphatic rings. The predicted octanol–water partition coefficient (Wildman–Crippen LogP) is 4.42. The van der Waals surface area contributed by atoms with Gasteiger partial charge in [-0.3, -0.25) is 4.99 Å². The number of anilines is 1. The lowest BCUT2D eigenvalue weighted by Gasteiger charge is -2.33. The Morgan fingerprint density at radius 3 is 2.71 bits per heavy atom. The van der Waals surface area contributed by atoms with Crippen LogP contribution in [-0.4, -0.2) is 41.8 Å². The molecule has 1 atom stereocenters. The molecule has 2 aromatic carbocycles. The van der Waals surface area contributed by atoms with Crippen LogP contribution in [0.15, 0.2) is 66.2 Å². The molecule has 162 valence electrons. The summed E-state index contributed by atoms with van der Waals surface area (Å²) in [7, 11) is 0. The maximum Gasteiger partial charge on any atom is 0.573 e. The topological polar surface area (TPSA) is 48.9 Å². The van der Waals surface area contributed by atoms with E-state index < -0.39 is 11.9 Å². The molecule has 31 heavy (non-hydrogen) atoms. The largest absolute Gasteiger partial charge is 0.573 e. The van der Waals surface area contributed by atoms with Crippen LogP contribution in [0, 0.1) is 0 Å². The van der Waals surface area contributed by atoms with E-state index in [-0.39, 0.29) is 5.75 Å². The summed E-state index contributed by atoms with van der Waals surface area (Å²) in [5.41, 5.74) is 1.56. The molecule has 0 radical (unpaired) electrons. The third kappa shape index (κ3) is 4.10. The lowest BCUT2D eigenvalue weighted by Crippen LogP contribution is -2.46. The number of thiocarbonyl (C=S) groups is 1. The van der Waals surface area contributed by atoms with Gasteiger partial charge in [-0.25, -0.2) is 0 Å². The van der Waals surface area contributed by atoms with Gasteiger partial charge in [0.1, 0.15) is 17.1 Å². The fourth-order valence-electron chi connectivity index (χ4n) is 3.94. The molecule has 4 rings (SSSR count). The number of alkyl halides is 3. The maximum atomic E-state index is 12.6. The molecule has 1 fully saturated rings. The molecule has 0 amide bonds. The Bertz CT molecular complexity index is 1020. The first kappa shape index (κ1) is 21.2. The summed E-state index contributed by atoms with van der Waals surface area (Å²) >= 11 is 5.60. The number of halogens is 3. The van der Waals surface area contributed by atoms with Crippen LogP contribution >= 0.6 is 12.2 Å². The highest BCUT2D eigenvalue weighted by molar-refractivity contribution is 7.80. The number of fused-ring (bicyclic) bond motifs is 1. The lowest BCUT2D eigenvalue weighted by atomic mass is 9.81. The Morgan fingerprint density at radius 1 is 1.23 bits per heavy atom. The molecule has 2 heterocycles. The van der Waals surface area contributed by atoms with Gasteiger partial charge in [0.15, 0.2) is 5.11 Å². The molecule has 0 spiro atoms. The highest BCUT2D eigenvalue weighted by atomic mass is 32.1. The molecule has 0 aliphatic carbocycles. The van der Waals surface area contributed by atoms with Gasteiger partial charge in [-0.05, 0) is 54.0 Å². The monoisotopic (exact) mass is 446 g/mol. The van der Waals surface area contributed by atoms with Crippen LogP contribution in [0.1, 0.15) is 17.5 Å². The summed E-state index contributed by atoms with van der Waals surface area (Å²) in [6.45, 7) is 5.71. The molecule has 0 bridgehead atoms. The van der Waals surface area contributed by atoms with E-state index in [2.05, 4.69) is 21.9 Å². The van der Waals surface area contributed by atoms with Crippen molar-refractivity contribution in [3.05, 3.63) is 72.3 Å². The molecule has 0 saturated carbocycles. The van der Waals surface area contributed by atoms with Crippen LogP contribution in [0.5, 0.6) is 5.75 Å². The molecule has 1 saturated heterocycles. The van der Waals surface area contributed by atoms with E-state index in [1.165, 1.54) is 12.1 Å². The summed E-state index contributed by atoms with van der Waals surface area (Å²) in [4.78, 5) is 6.73. The van der Waals surface area contributed by atoms with E-state index >= 15 is 0 Å². The highest BCUT2D eigenvalue weighted by Gasteiger charge is 2.50. The fraction of sp³-hybridized carbons (Fsp3) is 0.273. The molecular weight excluding hydrogens is 425 g/mol. The quantitative estimate of drug-likeness (QED) is 0.508. The van der Waals surface area contributed by atoms with E-state index in [4.69, 9.17) is 17.2 Å². The minimum Gasteiger partial charge on any atom is -0.406 e. The first-order valence-corrected chi connectivity index (χ1v) is 10.2. The molecular formula is C22H21F3N4OS. The Hall–Kier alpha value is -3.07. The van der Waals surface area contributed by atoms with Crippen molar-refractivity contribution in [2.45, 2.75) is 18.3 Å². The summed E-state index contributed by atoms with van der Waals surface area (Å²) in [6.07, 6.45) is -2.11. The van der Waals surface area contributed by atoms with Gasteiger partial charge in [-0.2, -0.15) is 0 Å². The second-order valence-electron chi connectivity index (χ2n) is 7.21. The van der Waals surface area contributed by atoms with Crippen LogP contribution in [-0.2, 0) is 5.54 Å². The van der Waals surface area contributed by atoms with E-state index in [0.29, 0.717) is 23.8 Å². The summed E-state index contributed by atoms with van der Waals surface area (Å²) in [6, 6.07) is 13.6. The van der Waals surface area contributed by atoms with Crippen molar-refractivity contribution in [1.29, 1.82) is 0 Å². The number of hydrogen-bond acceptors (Lipinski definition) is 4. The average Bonchev–Trinajstić information content (AvgIpc) is 3.06. The Morgan fingerprint density at radius 2 is 2.00 bits per heavy atom. The van der Waals surface area contributed by atoms with Gasteiger partial charge in [0.05, 0.1) is 0 Å². The molecule has 5 nitrogen and oxygen atoms in total. The zero-order valence-electron chi connectivity index (χ0n) is 16.6. The van der Waals surface area contributed by atoms with Crippen molar-refractivity contribution >= 4 is 28.9 Å². The summed E-state index contributed by atoms with van der Waals surface area (Å²) in [5.74, 6) is 0.463. The van der Waals surface area contributed by atoms with Crippen LogP contribution in [0.3, 0.4) is 0 Å². The number of nitrogens with zero attached hydrogens (tertiary/aromatic N) is 2. The standard InChI is InChI=1S/C22H21F3N4OS/c1-2-11-26-17-6-3-5-16(14-17)21(19-27-12-4-13-29(19)20(31)28-21)15-7-9-18(10-8-15)30-22(23,24)25/h2-3,5-10,14,26H,1,4,11-13H2,(H,28,31). The van der Waals surface area contributed by atoms with Crippen molar-refractivity contribution in [3.63, 3.8) is 0 Å². The molecule has 2 N–H and O–H groups in total. The van der Waals surface area contributed by atoms with Crippen molar-refractivity contribution in [2.75, 3.05) is 25.0 Å². The van der Waals surface area contributed by atoms with Gasteiger partial charge in [0.25, 0.3) is 0 Å². The zero-order valence-corrected chi connectivity index (χ0v) is 17.4. The number of benzene rings is 2. The third-order valence-electron chi connectivity index (χ3n) is 5.20. The predicted molar refractivity (Wildman–Crippen MR) is 118 cm³/mol. The SMILES string of the molecule is C=CCNc1cccc(C2(c3ccc(OC(F)(F)F)cc3)NC(=S)N3CCCN=C32)c1. The smallest absolute Gasteiger partial charge is 0.406 e. The first-order valence-electron chi connectivity index (χ1n) is 9.80. The normalized spacial score (nSPS) is 20.5. The van der Waals surface area contributed by atoms with Crippen molar-refractivity contribution in [2.24, 2.45) is 4.99 Å². The summed E-state index contributed by atoms with van der Waals surface area (Å²) in [5, 5.41) is 7.22. The van der Waals surface area contributed by atoms with E-state index in [9.17, 15) is 13.2 Å². The van der Waals surface area contributed by atoms with Crippen LogP contribution in [0.25, 0.3) is 0 Å². The van der Waals surface area contributed by atoms with Crippen LogP contribution in [0.2, 0.25) is 0 Å². The molecule has 2 aromatic rings. The maximum absolute atomic E-state index is 12.6. The zero-order chi connectivity index (χ0) is 22.1. The Kier molecular flexibility index (Phi) is 5.62. The van der Waals surface area contributed by atoms with Gasteiger partial charge in [-0.15, -0.1) is 19.8 Å². The van der Waals surface area contributed by atoms with Crippen molar-refractivity contribution in [3.8, 4) is 5.75 Å². The van der Waals surface area contributed by atoms with Gasteiger partial charge < -0.3 is 20.3 Å². The van der Waals surface area contributed by atoms with E-state index in [0.717, 1.165) is 30.1 Å². The highest BCUT2D eigenvalue weighted by Crippen LogP contribution is 2.40. The number of hydrogen-bond donors (Lipinski definition) is 2. The van der Waals surface area contributed by atoms with Crippen LogP contribution in [0.4, 0.5) is 18.9 Å². The number of nitrogens with one attached hydrogen (secondary N) is 2. The number of aliphatic imine (C=N–C) groups is 1. The van der Waals surface area contributed by atoms with Gasteiger partial charge >= 0.3 is 6.36 Å². The molecule has 0 aromatic heterocycles. The average molecular weight is 446 g/mol. The second kappa shape index (κ2) is 8.22.